The van der Waals surface area contributed by atoms with Gasteiger partial charge in [-0.25, -0.2) is 0 Å². The Balaban J connectivity index is 1.79. The molecule has 0 bridgehead atoms. The van der Waals surface area contributed by atoms with Crippen molar-refractivity contribution in [2.24, 2.45) is 0 Å². The Morgan fingerprint density at radius 1 is 0.828 bits per heavy atom. The Hall–Kier alpha value is -3.40. The molecule has 0 aliphatic carbocycles. The Morgan fingerprint density at radius 3 is 1.97 bits per heavy atom. The van der Waals surface area contributed by atoms with Crippen LogP contribution in [0.3, 0.4) is 0 Å². The number of rotatable bonds is 7. The average Bonchev–Trinajstić information content (AvgIpc) is 2.78. The molecule has 0 saturated heterocycles. The fourth-order valence-corrected chi connectivity index (χ4v) is 3.19. The minimum absolute atomic E-state index is 0.153. The van der Waals surface area contributed by atoms with Gasteiger partial charge in [0.2, 0.25) is 5.91 Å². The van der Waals surface area contributed by atoms with Crippen molar-refractivity contribution in [1.29, 1.82) is 0 Å². The topological polar surface area (TPSA) is 49.4 Å². The van der Waals surface area contributed by atoms with Gasteiger partial charge in [-0.15, -0.1) is 0 Å². The lowest BCUT2D eigenvalue weighted by molar-refractivity contribution is -0.132. The van der Waals surface area contributed by atoms with E-state index < -0.39 is 6.04 Å². The van der Waals surface area contributed by atoms with Gasteiger partial charge < -0.3 is 10.2 Å². The minimum Gasteiger partial charge on any atom is -0.339 e. The first-order valence-electron chi connectivity index (χ1n) is 9.82. The van der Waals surface area contributed by atoms with Crippen molar-refractivity contribution in [3.05, 3.63) is 107 Å². The SMILES string of the molecule is CCc1ccc(CN(C)C(=O)C(NC(=O)c2ccccc2)c2ccccc2)cc1. The molecule has 0 fully saturated rings. The largest absolute Gasteiger partial charge is 0.339 e. The maximum atomic E-state index is 13.2. The van der Waals surface area contributed by atoms with Crippen molar-refractivity contribution in [3.63, 3.8) is 0 Å². The molecule has 0 spiro atoms. The lowest BCUT2D eigenvalue weighted by Crippen LogP contribution is -2.41. The number of amides is 2. The van der Waals surface area contributed by atoms with E-state index in [4.69, 9.17) is 0 Å². The maximum absolute atomic E-state index is 13.2. The first-order valence-corrected chi connectivity index (χ1v) is 9.82. The van der Waals surface area contributed by atoms with Gasteiger partial charge in [-0.1, -0.05) is 79.7 Å². The van der Waals surface area contributed by atoms with E-state index >= 15 is 0 Å². The molecular formula is C25H26N2O2. The van der Waals surface area contributed by atoms with Crippen LogP contribution in [-0.2, 0) is 17.8 Å². The molecule has 1 atom stereocenters. The third kappa shape index (κ3) is 5.32. The summed E-state index contributed by atoms with van der Waals surface area (Å²) in [5, 5.41) is 2.90. The molecule has 0 radical (unpaired) electrons. The van der Waals surface area contributed by atoms with Crippen molar-refractivity contribution in [3.8, 4) is 0 Å². The van der Waals surface area contributed by atoms with E-state index in [9.17, 15) is 9.59 Å². The van der Waals surface area contributed by atoms with Gasteiger partial charge in [0, 0.05) is 19.2 Å². The molecule has 0 aromatic heterocycles. The normalized spacial score (nSPS) is 11.5. The highest BCUT2D eigenvalue weighted by molar-refractivity contribution is 5.97. The lowest BCUT2D eigenvalue weighted by atomic mass is 10.0. The molecule has 4 nitrogen and oxygen atoms in total. The van der Waals surface area contributed by atoms with Crippen LogP contribution in [0.15, 0.2) is 84.9 Å². The van der Waals surface area contributed by atoms with Crippen LogP contribution < -0.4 is 5.32 Å². The first-order chi connectivity index (χ1) is 14.1. The van der Waals surface area contributed by atoms with Crippen LogP contribution in [0, 0.1) is 0 Å². The number of carbonyl (C=O) groups excluding carboxylic acids is 2. The second-order valence-electron chi connectivity index (χ2n) is 7.05. The van der Waals surface area contributed by atoms with Gasteiger partial charge >= 0.3 is 0 Å². The molecule has 2 amide bonds. The van der Waals surface area contributed by atoms with Crippen molar-refractivity contribution < 1.29 is 9.59 Å². The van der Waals surface area contributed by atoms with E-state index in [0.717, 1.165) is 17.5 Å². The Bertz CT molecular complexity index is 938. The molecule has 3 aromatic rings. The van der Waals surface area contributed by atoms with Crippen LogP contribution in [0.25, 0.3) is 0 Å². The summed E-state index contributed by atoms with van der Waals surface area (Å²) in [5.41, 5.74) is 3.60. The number of aryl methyl sites for hydroxylation is 1. The number of nitrogens with one attached hydrogen (secondary N) is 1. The highest BCUT2D eigenvalue weighted by Gasteiger charge is 2.26. The van der Waals surface area contributed by atoms with Gasteiger partial charge in [-0.3, -0.25) is 9.59 Å². The lowest BCUT2D eigenvalue weighted by Gasteiger charge is -2.25. The number of nitrogens with zero attached hydrogens (tertiary/aromatic N) is 1. The molecule has 0 heterocycles. The molecule has 3 aromatic carbocycles. The van der Waals surface area contributed by atoms with Crippen LogP contribution in [0.5, 0.6) is 0 Å². The summed E-state index contributed by atoms with van der Waals surface area (Å²) < 4.78 is 0. The molecule has 4 heteroatoms. The van der Waals surface area contributed by atoms with Gasteiger partial charge in [0.25, 0.3) is 5.91 Å². The van der Waals surface area contributed by atoms with Crippen LogP contribution in [0.2, 0.25) is 0 Å². The van der Waals surface area contributed by atoms with E-state index in [1.165, 1.54) is 5.56 Å². The summed E-state index contributed by atoms with van der Waals surface area (Å²) in [6.07, 6.45) is 0.983. The maximum Gasteiger partial charge on any atom is 0.252 e. The molecule has 1 N–H and O–H groups in total. The summed E-state index contributed by atoms with van der Waals surface area (Å²) in [4.78, 5) is 27.6. The van der Waals surface area contributed by atoms with Gasteiger partial charge in [-0.2, -0.15) is 0 Å². The monoisotopic (exact) mass is 386 g/mol. The third-order valence-corrected chi connectivity index (χ3v) is 4.92. The predicted octanol–water partition coefficient (Wildman–Crippen LogP) is 4.38. The van der Waals surface area contributed by atoms with Gasteiger partial charge in [0.05, 0.1) is 0 Å². The van der Waals surface area contributed by atoms with Crippen molar-refractivity contribution in [2.45, 2.75) is 25.9 Å². The Labute approximate surface area is 172 Å². The molecule has 3 rings (SSSR count). The minimum atomic E-state index is -0.746. The standard InChI is InChI=1S/C25H26N2O2/c1-3-19-14-16-20(17-15-19)18-27(2)25(29)23(21-10-6-4-7-11-21)26-24(28)22-12-8-5-9-13-22/h4-17,23H,3,18H2,1-2H3,(H,26,28). The predicted molar refractivity (Wildman–Crippen MR) is 115 cm³/mol. The smallest absolute Gasteiger partial charge is 0.252 e. The highest BCUT2D eigenvalue weighted by Crippen LogP contribution is 2.18. The quantitative estimate of drug-likeness (QED) is 0.655. The van der Waals surface area contributed by atoms with Crippen molar-refractivity contribution in [1.82, 2.24) is 10.2 Å². The van der Waals surface area contributed by atoms with Gasteiger partial charge in [0.1, 0.15) is 6.04 Å². The Morgan fingerprint density at radius 2 is 1.38 bits per heavy atom. The number of hydrogen-bond acceptors (Lipinski definition) is 2. The molecular weight excluding hydrogens is 360 g/mol. The molecule has 1 unspecified atom stereocenters. The highest BCUT2D eigenvalue weighted by atomic mass is 16.2. The number of benzene rings is 3. The number of hydrogen-bond donors (Lipinski definition) is 1. The third-order valence-electron chi connectivity index (χ3n) is 4.92. The Kier molecular flexibility index (Phi) is 6.80. The molecule has 0 saturated carbocycles. The summed E-state index contributed by atoms with van der Waals surface area (Å²) in [7, 11) is 1.76. The fourth-order valence-electron chi connectivity index (χ4n) is 3.19. The summed E-state index contributed by atoms with van der Waals surface area (Å²) in [6, 6.07) is 25.8. The number of carbonyl (C=O) groups is 2. The summed E-state index contributed by atoms with van der Waals surface area (Å²) in [5.74, 6) is -0.423. The van der Waals surface area contributed by atoms with Gasteiger partial charge in [-0.05, 0) is 35.2 Å². The molecule has 0 aliphatic heterocycles. The van der Waals surface area contributed by atoms with E-state index in [2.05, 4.69) is 24.4 Å². The second-order valence-corrected chi connectivity index (χ2v) is 7.05. The second kappa shape index (κ2) is 9.69. The van der Waals surface area contributed by atoms with E-state index in [0.29, 0.717) is 12.1 Å². The van der Waals surface area contributed by atoms with Crippen molar-refractivity contribution in [2.75, 3.05) is 7.05 Å². The van der Waals surface area contributed by atoms with Crippen LogP contribution in [0.1, 0.15) is 40.0 Å². The van der Waals surface area contributed by atoms with Crippen LogP contribution in [0.4, 0.5) is 0 Å². The van der Waals surface area contributed by atoms with Crippen LogP contribution >= 0.6 is 0 Å². The van der Waals surface area contributed by atoms with Gasteiger partial charge in [0.15, 0.2) is 0 Å². The van der Waals surface area contributed by atoms with Crippen molar-refractivity contribution >= 4 is 11.8 Å². The van der Waals surface area contributed by atoms with E-state index in [1.807, 2.05) is 48.5 Å². The van der Waals surface area contributed by atoms with Crippen LogP contribution in [-0.4, -0.2) is 23.8 Å². The molecule has 0 aliphatic rings. The van der Waals surface area contributed by atoms with E-state index in [1.54, 1.807) is 36.2 Å². The zero-order chi connectivity index (χ0) is 20.6. The first kappa shape index (κ1) is 20.3. The summed E-state index contributed by atoms with van der Waals surface area (Å²) >= 11 is 0. The summed E-state index contributed by atoms with van der Waals surface area (Å²) in [6.45, 7) is 2.60. The van der Waals surface area contributed by atoms with E-state index in [-0.39, 0.29) is 11.8 Å². The molecule has 29 heavy (non-hydrogen) atoms. The number of likely N-dealkylation sites (N-methyl/N-ethyl adjacent to an activating group) is 1. The fraction of sp³-hybridized carbons (Fsp3) is 0.200. The average molecular weight is 386 g/mol. The molecule has 148 valence electrons. The zero-order valence-electron chi connectivity index (χ0n) is 16.8. The zero-order valence-corrected chi connectivity index (χ0v) is 16.8.